The highest BCUT2D eigenvalue weighted by atomic mass is 31.1. The van der Waals surface area contributed by atoms with E-state index in [9.17, 15) is 9.67 Å². The third-order valence-corrected chi connectivity index (χ3v) is 3.61. The molecule has 16 heavy (non-hydrogen) atoms. The lowest BCUT2D eigenvalue weighted by Gasteiger charge is -2.23. The Morgan fingerprint density at radius 2 is 1.19 bits per heavy atom. The number of hydrogen-bond donors (Lipinski definition) is 1. The van der Waals surface area contributed by atoms with Crippen LogP contribution in [0.2, 0.25) is 0 Å². The van der Waals surface area contributed by atoms with E-state index in [-0.39, 0.29) is 0 Å². The fourth-order valence-electron chi connectivity index (χ4n) is 1.69. The first-order chi connectivity index (χ1) is 7.77. The first-order valence-corrected chi connectivity index (χ1v) is 6.12. The van der Waals surface area contributed by atoms with Crippen molar-refractivity contribution in [2.45, 2.75) is 5.34 Å². The van der Waals surface area contributed by atoms with E-state index in [2.05, 4.69) is 0 Å². The molecule has 0 aromatic heterocycles. The van der Waals surface area contributed by atoms with Gasteiger partial charge < -0.3 is 9.67 Å². The maximum Gasteiger partial charge on any atom is 0.162 e. The van der Waals surface area contributed by atoms with E-state index in [0.717, 1.165) is 0 Å². The highest BCUT2D eigenvalue weighted by Gasteiger charge is 2.29. The smallest absolute Gasteiger partial charge is 0.162 e. The summed E-state index contributed by atoms with van der Waals surface area (Å²) in [5.41, 5.74) is 1.34. The minimum atomic E-state index is -1.35. The van der Waals surface area contributed by atoms with E-state index in [1.807, 2.05) is 36.4 Å². The summed E-state index contributed by atoms with van der Waals surface area (Å²) in [5.74, 6) is 0. The van der Waals surface area contributed by atoms with Crippen molar-refractivity contribution in [2.75, 3.05) is 0 Å². The maximum atomic E-state index is 11.4. The molecule has 0 fully saturated rings. The lowest BCUT2D eigenvalue weighted by Crippen LogP contribution is -2.19. The molecule has 82 valence electrons. The number of hydrogen-bond acceptors (Lipinski definition) is 2. The van der Waals surface area contributed by atoms with Gasteiger partial charge in [0.1, 0.15) is 8.46 Å². The summed E-state index contributed by atoms with van der Waals surface area (Å²) < 4.78 is 11.4. The zero-order valence-electron chi connectivity index (χ0n) is 8.71. The molecule has 1 unspecified atom stereocenters. The second-order valence-electron chi connectivity index (χ2n) is 3.62. The largest absolute Gasteiger partial charge is 0.374 e. The molecule has 0 amide bonds. The summed E-state index contributed by atoms with van der Waals surface area (Å²) in [6.45, 7) is 0. The van der Waals surface area contributed by atoms with Crippen LogP contribution in [-0.4, -0.2) is 5.11 Å². The third kappa shape index (κ3) is 1.95. The van der Waals surface area contributed by atoms with Crippen molar-refractivity contribution in [3.05, 3.63) is 71.8 Å². The second kappa shape index (κ2) is 4.65. The fourth-order valence-corrected chi connectivity index (χ4v) is 2.34. The van der Waals surface area contributed by atoms with E-state index in [0.29, 0.717) is 11.1 Å². The standard InChI is InChI=1S/C13H13O2P/c14-13(16-15,11-7-3-1-4-8-11)12-9-5-2-6-10-12/h1-10,14H,16H2. The second-order valence-corrected chi connectivity index (χ2v) is 4.69. The molecule has 2 rings (SSSR count). The molecule has 0 aliphatic heterocycles. The predicted molar refractivity (Wildman–Crippen MR) is 66.3 cm³/mol. The monoisotopic (exact) mass is 232 g/mol. The molecular formula is C13H13O2P. The molecule has 3 heteroatoms. The summed E-state index contributed by atoms with van der Waals surface area (Å²) in [6.07, 6.45) is 0. The molecule has 2 nitrogen and oxygen atoms in total. The Hall–Kier alpha value is -1.37. The van der Waals surface area contributed by atoms with Gasteiger partial charge in [-0.1, -0.05) is 60.7 Å². The van der Waals surface area contributed by atoms with Gasteiger partial charge in [-0.15, -0.1) is 0 Å². The molecule has 0 aliphatic rings. The highest BCUT2D eigenvalue weighted by molar-refractivity contribution is 7.25. The molecular weight excluding hydrogens is 219 g/mol. The Kier molecular flexibility index (Phi) is 3.23. The Morgan fingerprint density at radius 3 is 1.50 bits per heavy atom. The number of aliphatic hydroxyl groups is 1. The van der Waals surface area contributed by atoms with Crippen molar-refractivity contribution in [1.82, 2.24) is 0 Å². The topological polar surface area (TPSA) is 37.3 Å². The predicted octanol–water partition coefficient (Wildman–Crippen LogP) is 2.64. The van der Waals surface area contributed by atoms with Gasteiger partial charge in [-0.05, 0) is 11.1 Å². The normalized spacial score (nSPS) is 12.1. The lowest BCUT2D eigenvalue weighted by atomic mass is 10.0. The number of rotatable bonds is 3. The van der Waals surface area contributed by atoms with Crippen LogP contribution in [0.4, 0.5) is 0 Å². The summed E-state index contributed by atoms with van der Waals surface area (Å²) >= 11 is 0. The van der Waals surface area contributed by atoms with Gasteiger partial charge >= 0.3 is 0 Å². The molecule has 0 bridgehead atoms. The van der Waals surface area contributed by atoms with Gasteiger partial charge in [0, 0.05) is 0 Å². The van der Waals surface area contributed by atoms with Crippen molar-refractivity contribution in [3.63, 3.8) is 0 Å². The Bertz CT molecular complexity index is 428. The van der Waals surface area contributed by atoms with Crippen LogP contribution in [0.3, 0.4) is 0 Å². The van der Waals surface area contributed by atoms with Crippen LogP contribution in [-0.2, 0) is 9.91 Å². The van der Waals surface area contributed by atoms with Gasteiger partial charge in [0.15, 0.2) is 5.34 Å². The van der Waals surface area contributed by atoms with Crippen molar-refractivity contribution < 1.29 is 9.67 Å². The summed E-state index contributed by atoms with van der Waals surface area (Å²) in [4.78, 5) is 0. The van der Waals surface area contributed by atoms with Crippen LogP contribution >= 0.6 is 8.46 Å². The van der Waals surface area contributed by atoms with Crippen LogP contribution in [0.15, 0.2) is 60.7 Å². The van der Waals surface area contributed by atoms with Gasteiger partial charge in [-0.3, -0.25) is 0 Å². The van der Waals surface area contributed by atoms with Crippen molar-refractivity contribution in [3.8, 4) is 0 Å². The molecule has 2 aromatic rings. The van der Waals surface area contributed by atoms with E-state index >= 15 is 0 Å². The first-order valence-electron chi connectivity index (χ1n) is 5.07. The van der Waals surface area contributed by atoms with Crippen LogP contribution in [0.25, 0.3) is 0 Å². The SMILES string of the molecule is O=[PH2]C(O)(c1ccccc1)c1ccccc1. The third-order valence-electron chi connectivity index (χ3n) is 2.60. The van der Waals surface area contributed by atoms with Crippen molar-refractivity contribution in [1.29, 1.82) is 0 Å². The maximum absolute atomic E-state index is 11.4. The molecule has 0 heterocycles. The van der Waals surface area contributed by atoms with Crippen molar-refractivity contribution in [2.24, 2.45) is 0 Å². The highest BCUT2D eigenvalue weighted by Crippen LogP contribution is 2.38. The zero-order chi connectivity index (χ0) is 11.4. The molecule has 0 radical (unpaired) electrons. The van der Waals surface area contributed by atoms with E-state index in [4.69, 9.17) is 0 Å². The van der Waals surface area contributed by atoms with Crippen LogP contribution in [0.5, 0.6) is 0 Å². The summed E-state index contributed by atoms with van der Waals surface area (Å²) in [6, 6.07) is 18.2. The summed E-state index contributed by atoms with van der Waals surface area (Å²) in [5, 5.41) is 9.14. The fraction of sp³-hybridized carbons (Fsp3) is 0.0769. The molecule has 2 aromatic carbocycles. The Balaban J connectivity index is 2.53. The van der Waals surface area contributed by atoms with Crippen molar-refractivity contribution >= 4 is 8.46 Å². The van der Waals surface area contributed by atoms with Gasteiger partial charge in [0.05, 0.1) is 0 Å². The minimum Gasteiger partial charge on any atom is -0.374 e. The van der Waals surface area contributed by atoms with Crippen LogP contribution in [0.1, 0.15) is 11.1 Å². The average Bonchev–Trinajstić information content (AvgIpc) is 2.40. The molecule has 0 saturated carbocycles. The summed E-state index contributed by atoms with van der Waals surface area (Å²) in [7, 11) is -1.35. The van der Waals surface area contributed by atoms with E-state index in [1.54, 1.807) is 24.3 Å². The van der Waals surface area contributed by atoms with Gasteiger partial charge in [0.25, 0.3) is 0 Å². The van der Waals surface area contributed by atoms with Gasteiger partial charge in [0.2, 0.25) is 0 Å². The zero-order valence-corrected chi connectivity index (χ0v) is 9.86. The van der Waals surface area contributed by atoms with Crippen LogP contribution < -0.4 is 0 Å². The van der Waals surface area contributed by atoms with Gasteiger partial charge in [-0.2, -0.15) is 0 Å². The number of benzene rings is 2. The molecule has 0 spiro atoms. The van der Waals surface area contributed by atoms with E-state index < -0.39 is 13.8 Å². The first kappa shape index (κ1) is 11.1. The minimum absolute atomic E-state index is 0.672. The molecule has 1 N–H and O–H groups in total. The quantitative estimate of drug-likeness (QED) is 0.826. The molecule has 0 saturated heterocycles. The van der Waals surface area contributed by atoms with Gasteiger partial charge in [-0.25, -0.2) is 0 Å². The van der Waals surface area contributed by atoms with Crippen LogP contribution in [0, 0.1) is 0 Å². The molecule has 1 atom stereocenters. The Morgan fingerprint density at radius 1 is 0.812 bits per heavy atom. The average molecular weight is 232 g/mol. The Labute approximate surface area is 95.8 Å². The van der Waals surface area contributed by atoms with E-state index in [1.165, 1.54) is 0 Å². The molecule has 0 aliphatic carbocycles. The lowest BCUT2D eigenvalue weighted by molar-refractivity contribution is 0.173.